The molecule has 7 heteroatoms. The standard InChI is InChI=1S/C16H21ClN4OS/c17-16-18-13-10-12(11-20-4-2-1-3-5-20)23-14(13)15(19-16)21-6-8-22-9-7-21/h10H,1-9,11H2. The van der Waals surface area contributed by atoms with E-state index in [0.717, 1.165) is 48.9 Å². The van der Waals surface area contributed by atoms with Gasteiger partial charge in [-0.05, 0) is 43.6 Å². The van der Waals surface area contributed by atoms with E-state index in [0.29, 0.717) is 5.28 Å². The Kier molecular flexibility index (Phi) is 4.66. The lowest BCUT2D eigenvalue weighted by Gasteiger charge is -2.28. The number of aromatic nitrogens is 2. The zero-order chi connectivity index (χ0) is 15.6. The highest BCUT2D eigenvalue weighted by molar-refractivity contribution is 7.19. The van der Waals surface area contributed by atoms with E-state index in [1.54, 1.807) is 0 Å². The molecule has 5 nitrogen and oxygen atoms in total. The van der Waals surface area contributed by atoms with Crippen LogP contribution in [0.15, 0.2) is 6.07 Å². The molecule has 23 heavy (non-hydrogen) atoms. The van der Waals surface area contributed by atoms with Gasteiger partial charge in [-0.15, -0.1) is 11.3 Å². The minimum atomic E-state index is 0.335. The monoisotopic (exact) mass is 352 g/mol. The molecule has 2 fully saturated rings. The number of rotatable bonds is 3. The normalized spacial score (nSPS) is 20.3. The summed E-state index contributed by atoms with van der Waals surface area (Å²) in [7, 11) is 0. The van der Waals surface area contributed by atoms with Gasteiger partial charge < -0.3 is 9.64 Å². The highest BCUT2D eigenvalue weighted by atomic mass is 35.5. The molecule has 2 aliphatic rings. The van der Waals surface area contributed by atoms with Crippen LogP contribution in [0.3, 0.4) is 0 Å². The van der Waals surface area contributed by atoms with Crippen LogP contribution in [0.2, 0.25) is 5.28 Å². The molecule has 124 valence electrons. The van der Waals surface area contributed by atoms with Crippen LogP contribution in [-0.4, -0.2) is 54.3 Å². The van der Waals surface area contributed by atoms with Crippen molar-refractivity contribution in [1.82, 2.24) is 14.9 Å². The number of hydrogen-bond donors (Lipinski definition) is 0. The predicted molar refractivity (Wildman–Crippen MR) is 94.6 cm³/mol. The van der Waals surface area contributed by atoms with E-state index in [9.17, 15) is 0 Å². The smallest absolute Gasteiger partial charge is 0.224 e. The number of anilines is 1. The van der Waals surface area contributed by atoms with Crippen LogP contribution in [-0.2, 0) is 11.3 Å². The van der Waals surface area contributed by atoms with Crippen LogP contribution >= 0.6 is 22.9 Å². The minimum Gasteiger partial charge on any atom is -0.378 e. The molecule has 0 aliphatic carbocycles. The van der Waals surface area contributed by atoms with E-state index < -0.39 is 0 Å². The Labute approximate surface area is 145 Å². The van der Waals surface area contributed by atoms with Crippen molar-refractivity contribution in [3.63, 3.8) is 0 Å². The summed E-state index contributed by atoms with van der Waals surface area (Å²) in [5.74, 6) is 0.971. The van der Waals surface area contributed by atoms with Crippen molar-refractivity contribution in [2.24, 2.45) is 0 Å². The van der Waals surface area contributed by atoms with Crippen LogP contribution in [0, 0.1) is 0 Å². The Morgan fingerprint density at radius 2 is 1.87 bits per heavy atom. The van der Waals surface area contributed by atoms with Crippen molar-refractivity contribution in [3.8, 4) is 0 Å². The third-order valence-corrected chi connectivity index (χ3v) is 5.79. The molecule has 0 saturated carbocycles. The molecule has 4 rings (SSSR count). The first-order valence-corrected chi connectivity index (χ1v) is 9.50. The number of hydrogen-bond acceptors (Lipinski definition) is 6. The summed E-state index contributed by atoms with van der Waals surface area (Å²) in [6, 6.07) is 2.19. The van der Waals surface area contributed by atoms with Crippen molar-refractivity contribution >= 4 is 39.0 Å². The molecule has 0 amide bonds. The van der Waals surface area contributed by atoms with Gasteiger partial charge in [0, 0.05) is 24.5 Å². The average molecular weight is 353 g/mol. The lowest BCUT2D eigenvalue weighted by Crippen LogP contribution is -2.36. The first kappa shape index (κ1) is 15.6. The second-order valence-electron chi connectivity index (χ2n) is 6.18. The van der Waals surface area contributed by atoms with E-state index in [-0.39, 0.29) is 0 Å². The maximum absolute atomic E-state index is 6.16. The Balaban J connectivity index is 1.63. The van der Waals surface area contributed by atoms with Crippen molar-refractivity contribution in [3.05, 3.63) is 16.2 Å². The second kappa shape index (κ2) is 6.89. The summed E-state index contributed by atoms with van der Waals surface area (Å²) in [6.45, 7) is 6.64. The quantitative estimate of drug-likeness (QED) is 0.794. The van der Waals surface area contributed by atoms with Gasteiger partial charge in [0.2, 0.25) is 5.28 Å². The Bertz CT molecular complexity index is 680. The van der Waals surface area contributed by atoms with Crippen molar-refractivity contribution < 1.29 is 4.74 Å². The van der Waals surface area contributed by atoms with Gasteiger partial charge in [0.1, 0.15) is 0 Å². The number of likely N-dealkylation sites (tertiary alicyclic amines) is 1. The fraction of sp³-hybridized carbons (Fsp3) is 0.625. The molecular weight excluding hydrogens is 332 g/mol. The lowest BCUT2D eigenvalue weighted by molar-refractivity contribution is 0.122. The number of morpholine rings is 1. The van der Waals surface area contributed by atoms with Crippen molar-refractivity contribution in [1.29, 1.82) is 0 Å². The van der Waals surface area contributed by atoms with Gasteiger partial charge in [0.05, 0.1) is 23.4 Å². The number of fused-ring (bicyclic) bond motifs is 1. The molecule has 0 N–H and O–H groups in total. The van der Waals surface area contributed by atoms with Crippen molar-refractivity contribution in [2.45, 2.75) is 25.8 Å². The number of ether oxygens (including phenoxy) is 1. The summed E-state index contributed by atoms with van der Waals surface area (Å²) < 4.78 is 6.60. The largest absolute Gasteiger partial charge is 0.378 e. The number of halogens is 1. The maximum Gasteiger partial charge on any atom is 0.224 e. The van der Waals surface area contributed by atoms with Crippen LogP contribution in [0.5, 0.6) is 0 Å². The lowest BCUT2D eigenvalue weighted by atomic mass is 10.1. The molecule has 0 bridgehead atoms. The van der Waals surface area contributed by atoms with Crippen LogP contribution in [0.4, 0.5) is 5.82 Å². The molecule has 2 aromatic rings. The SMILES string of the molecule is Clc1nc(N2CCOCC2)c2sc(CN3CCCCC3)cc2n1. The van der Waals surface area contributed by atoms with Gasteiger partial charge in [0.25, 0.3) is 0 Å². The van der Waals surface area contributed by atoms with Gasteiger partial charge in [0.15, 0.2) is 5.82 Å². The summed E-state index contributed by atoms with van der Waals surface area (Å²) in [5, 5.41) is 0.335. The molecule has 2 aliphatic heterocycles. The van der Waals surface area contributed by atoms with E-state index in [4.69, 9.17) is 16.3 Å². The average Bonchev–Trinajstić information content (AvgIpc) is 2.98. The number of thiophene rings is 1. The molecule has 4 heterocycles. The first-order valence-electron chi connectivity index (χ1n) is 8.30. The highest BCUT2D eigenvalue weighted by Crippen LogP contribution is 2.34. The summed E-state index contributed by atoms with van der Waals surface area (Å²) in [5.41, 5.74) is 0.975. The predicted octanol–water partition coefficient (Wildman–Crippen LogP) is 3.17. The highest BCUT2D eigenvalue weighted by Gasteiger charge is 2.20. The van der Waals surface area contributed by atoms with Crippen LogP contribution < -0.4 is 4.90 Å². The number of nitrogens with zero attached hydrogens (tertiary/aromatic N) is 4. The molecule has 2 aromatic heterocycles. The first-order chi connectivity index (χ1) is 11.3. The summed E-state index contributed by atoms with van der Waals surface area (Å²) in [4.78, 5) is 15.1. The third-order valence-electron chi connectivity index (χ3n) is 4.52. The van der Waals surface area contributed by atoms with Crippen molar-refractivity contribution in [2.75, 3.05) is 44.3 Å². The zero-order valence-corrected chi connectivity index (χ0v) is 14.7. The maximum atomic E-state index is 6.16. The molecule has 0 atom stereocenters. The van der Waals surface area contributed by atoms with Crippen LogP contribution in [0.1, 0.15) is 24.1 Å². The minimum absolute atomic E-state index is 0.335. The van der Waals surface area contributed by atoms with Crippen LogP contribution in [0.25, 0.3) is 10.2 Å². The van der Waals surface area contributed by atoms with Gasteiger partial charge in [-0.25, -0.2) is 4.98 Å². The van der Waals surface area contributed by atoms with E-state index in [1.807, 2.05) is 11.3 Å². The molecule has 2 saturated heterocycles. The molecule has 0 spiro atoms. The topological polar surface area (TPSA) is 41.5 Å². The molecular formula is C16H21ClN4OS. The number of piperidine rings is 1. The zero-order valence-electron chi connectivity index (χ0n) is 13.1. The second-order valence-corrected chi connectivity index (χ2v) is 7.65. The molecule has 0 radical (unpaired) electrons. The van der Waals surface area contributed by atoms with E-state index in [1.165, 1.54) is 37.2 Å². The van der Waals surface area contributed by atoms with E-state index >= 15 is 0 Å². The Morgan fingerprint density at radius 1 is 1.09 bits per heavy atom. The Morgan fingerprint density at radius 3 is 2.65 bits per heavy atom. The van der Waals surface area contributed by atoms with Gasteiger partial charge >= 0.3 is 0 Å². The fourth-order valence-electron chi connectivity index (χ4n) is 3.34. The Hall–Kier alpha value is -0.950. The molecule has 0 aromatic carbocycles. The van der Waals surface area contributed by atoms with Gasteiger partial charge in [-0.1, -0.05) is 6.42 Å². The third kappa shape index (κ3) is 3.45. The van der Waals surface area contributed by atoms with E-state index in [2.05, 4.69) is 25.8 Å². The van der Waals surface area contributed by atoms with Gasteiger partial charge in [-0.2, -0.15) is 4.98 Å². The molecule has 0 unspecified atom stereocenters. The summed E-state index contributed by atoms with van der Waals surface area (Å²) in [6.07, 6.45) is 4.00. The fourth-order valence-corrected chi connectivity index (χ4v) is 4.67. The van der Waals surface area contributed by atoms with Gasteiger partial charge in [-0.3, -0.25) is 4.90 Å². The summed E-state index contributed by atoms with van der Waals surface area (Å²) >= 11 is 7.97.